The third-order valence-corrected chi connectivity index (χ3v) is 5.20. The predicted molar refractivity (Wildman–Crippen MR) is 93.0 cm³/mol. The van der Waals surface area contributed by atoms with E-state index in [1.54, 1.807) is 19.1 Å². The molecule has 0 aliphatic heterocycles. The van der Waals surface area contributed by atoms with Crippen molar-refractivity contribution in [1.82, 2.24) is 5.32 Å². The first kappa shape index (κ1) is 18.3. The summed E-state index contributed by atoms with van der Waals surface area (Å²) in [6.45, 7) is 3.20. The molecule has 1 saturated carbocycles. The zero-order valence-corrected chi connectivity index (χ0v) is 14.6. The van der Waals surface area contributed by atoms with Gasteiger partial charge in [0.05, 0.1) is 5.25 Å². The van der Waals surface area contributed by atoms with Gasteiger partial charge in [-0.3, -0.25) is 9.59 Å². The summed E-state index contributed by atoms with van der Waals surface area (Å²) in [7, 11) is 0. The smallest absolute Gasteiger partial charge is 0.329 e. The van der Waals surface area contributed by atoms with E-state index in [9.17, 15) is 19.5 Å². The molecule has 0 heterocycles. The highest BCUT2D eigenvalue weighted by Gasteiger charge is 2.43. The fraction of sp³-hybridized carbons (Fsp3) is 0.471. The van der Waals surface area contributed by atoms with E-state index in [1.807, 2.05) is 12.1 Å². The topological polar surface area (TPSA) is 95.5 Å². The Labute approximate surface area is 145 Å². The Bertz CT molecular complexity index is 624. The van der Waals surface area contributed by atoms with Crippen LogP contribution in [0.15, 0.2) is 29.2 Å². The molecule has 0 saturated heterocycles. The molecule has 7 heteroatoms. The lowest BCUT2D eigenvalue weighted by molar-refractivity contribution is -0.147. The van der Waals surface area contributed by atoms with Crippen LogP contribution in [0.25, 0.3) is 0 Å². The minimum atomic E-state index is -1.11. The van der Waals surface area contributed by atoms with Crippen LogP contribution in [-0.2, 0) is 14.4 Å². The highest BCUT2D eigenvalue weighted by atomic mass is 32.2. The molecule has 2 amide bonds. The van der Waals surface area contributed by atoms with Crippen LogP contribution in [0.4, 0.5) is 5.69 Å². The Hall–Kier alpha value is -2.02. The van der Waals surface area contributed by atoms with Gasteiger partial charge < -0.3 is 15.7 Å². The average molecular weight is 350 g/mol. The minimum absolute atomic E-state index is 0.140. The Kier molecular flexibility index (Phi) is 5.88. The lowest BCUT2D eigenvalue weighted by atomic mass is 9.97. The standard InChI is InChI=1S/C17H22N2O4S/c1-11(15(21)19-17(16(22)23)9-3-4-10-17)24-14-7-5-13(6-8-14)18-12(2)20/h5-8,11H,3-4,9-10H2,1-2H3,(H,18,20)(H,19,21)(H,22,23). The molecule has 2 rings (SSSR count). The molecule has 0 aromatic heterocycles. The number of aliphatic carboxylic acids is 1. The first-order valence-electron chi connectivity index (χ1n) is 7.92. The summed E-state index contributed by atoms with van der Waals surface area (Å²) < 4.78 is 0. The number of anilines is 1. The molecule has 1 aromatic rings. The molecule has 1 atom stereocenters. The van der Waals surface area contributed by atoms with Gasteiger partial charge in [0.1, 0.15) is 5.54 Å². The van der Waals surface area contributed by atoms with Gasteiger partial charge in [-0.05, 0) is 44.0 Å². The van der Waals surface area contributed by atoms with Gasteiger partial charge in [-0.2, -0.15) is 0 Å². The van der Waals surface area contributed by atoms with E-state index in [4.69, 9.17) is 0 Å². The van der Waals surface area contributed by atoms with Gasteiger partial charge in [0.25, 0.3) is 0 Å². The van der Waals surface area contributed by atoms with E-state index in [2.05, 4.69) is 10.6 Å². The summed E-state index contributed by atoms with van der Waals surface area (Å²) in [5, 5.41) is 14.4. The number of nitrogens with one attached hydrogen (secondary N) is 2. The maximum Gasteiger partial charge on any atom is 0.329 e. The molecule has 1 aliphatic rings. The van der Waals surface area contributed by atoms with Gasteiger partial charge in [-0.25, -0.2) is 4.79 Å². The first-order chi connectivity index (χ1) is 11.3. The van der Waals surface area contributed by atoms with Gasteiger partial charge in [0.15, 0.2) is 0 Å². The van der Waals surface area contributed by atoms with E-state index in [0.29, 0.717) is 18.5 Å². The van der Waals surface area contributed by atoms with Crippen molar-refractivity contribution in [3.8, 4) is 0 Å². The number of carbonyl (C=O) groups is 3. The summed E-state index contributed by atoms with van der Waals surface area (Å²) in [6, 6.07) is 7.18. The monoisotopic (exact) mass is 350 g/mol. The Morgan fingerprint density at radius 1 is 1.17 bits per heavy atom. The number of hydrogen-bond acceptors (Lipinski definition) is 4. The third kappa shape index (κ3) is 4.50. The maximum absolute atomic E-state index is 12.4. The molecule has 130 valence electrons. The van der Waals surface area contributed by atoms with E-state index >= 15 is 0 Å². The molecule has 1 fully saturated rings. The molecule has 1 aliphatic carbocycles. The number of carboxylic acid groups (broad SMARTS) is 1. The molecule has 1 aromatic carbocycles. The lowest BCUT2D eigenvalue weighted by Gasteiger charge is -2.27. The maximum atomic E-state index is 12.4. The predicted octanol–water partition coefficient (Wildman–Crippen LogP) is 2.64. The second-order valence-electron chi connectivity index (χ2n) is 6.05. The van der Waals surface area contributed by atoms with Crippen molar-refractivity contribution in [2.75, 3.05) is 5.32 Å². The largest absolute Gasteiger partial charge is 0.480 e. The van der Waals surface area contributed by atoms with Crippen LogP contribution in [-0.4, -0.2) is 33.7 Å². The molecule has 1 unspecified atom stereocenters. The molecular weight excluding hydrogens is 328 g/mol. The van der Waals surface area contributed by atoms with Crippen molar-refractivity contribution < 1.29 is 19.5 Å². The van der Waals surface area contributed by atoms with Crippen molar-refractivity contribution >= 4 is 35.2 Å². The van der Waals surface area contributed by atoms with E-state index in [-0.39, 0.29) is 11.8 Å². The highest BCUT2D eigenvalue weighted by molar-refractivity contribution is 8.00. The summed E-state index contributed by atoms with van der Waals surface area (Å²) in [5.41, 5.74) is -0.416. The zero-order valence-electron chi connectivity index (χ0n) is 13.8. The van der Waals surface area contributed by atoms with Crippen LogP contribution in [0.1, 0.15) is 39.5 Å². The minimum Gasteiger partial charge on any atom is -0.480 e. The quantitative estimate of drug-likeness (QED) is 0.686. The van der Waals surface area contributed by atoms with Gasteiger partial charge in [0, 0.05) is 17.5 Å². The van der Waals surface area contributed by atoms with Crippen molar-refractivity contribution in [2.24, 2.45) is 0 Å². The van der Waals surface area contributed by atoms with E-state index in [0.717, 1.165) is 17.7 Å². The molecule has 0 spiro atoms. The number of thioether (sulfide) groups is 1. The summed E-state index contributed by atoms with van der Waals surface area (Å²) in [6.07, 6.45) is 2.60. The number of hydrogen-bond donors (Lipinski definition) is 3. The van der Waals surface area contributed by atoms with Crippen LogP contribution >= 0.6 is 11.8 Å². The zero-order chi connectivity index (χ0) is 17.7. The summed E-state index contributed by atoms with van der Waals surface area (Å²) in [5.74, 6) is -1.36. The van der Waals surface area contributed by atoms with Crippen LogP contribution in [0.2, 0.25) is 0 Å². The Morgan fingerprint density at radius 2 is 1.75 bits per heavy atom. The number of carboxylic acids is 1. The average Bonchev–Trinajstić information content (AvgIpc) is 2.98. The first-order valence-corrected chi connectivity index (χ1v) is 8.80. The molecule has 0 bridgehead atoms. The van der Waals surface area contributed by atoms with E-state index in [1.165, 1.54) is 18.7 Å². The van der Waals surface area contributed by atoms with Gasteiger partial charge in [0.2, 0.25) is 11.8 Å². The lowest BCUT2D eigenvalue weighted by Crippen LogP contribution is -2.54. The van der Waals surface area contributed by atoms with Crippen molar-refractivity contribution in [1.29, 1.82) is 0 Å². The number of amides is 2. The normalized spacial score (nSPS) is 17.1. The second kappa shape index (κ2) is 7.70. The van der Waals surface area contributed by atoms with E-state index < -0.39 is 16.8 Å². The Morgan fingerprint density at radius 3 is 2.25 bits per heavy atom. The van der Waals surface area contributed by atoms with Crippen LogP contribution in [0.5, 0.6) is 0 Å². The van der Waals surface area contributed by atoms with Crippen molar-refractivity contribution in [3.05, 3.63) is 24.3 Å². The number of rotatable bonds is 6. The van der Waals surface area contributed by atoms with Crippen LogP contribution in [0, 0.1) is 0 Å². The molecular formula is C17H22N2O4S. The van der Waals surface area contributed by atoms with Gasteiger partial charge in [-0.15, -0.1) is 11.8 Å². The third-order valence-electron chi connectivity index (χ3n) is 4.09. The molecule has 3 N–H and O–H groups in total. The van der Waals surface area contributed by atoms with Gasteiger partial charge >= 0.3 is 5.97 Å². The summed E-state index contributed by atoms with van der Waals surface area (Å²) in [4.78, 5) is 35.8. The molecule has 6 nitrogen and oxygen atoms in total. The number of carbonyl (C=O) groups excluding carboxylic acids is 2. The molecule has 0 radical (unpaired) electrons. The fourth-order valence-electron chi connectivity index (χ4n) is 2.79. The highest BCUT2D eigenvalue weighted by Crippen LogP contribution is 2.31. The SMILES string of the molecule is CC(=O)Nc1ccc(SC(C)C(=O)NC2(C(=O)O)CCCC2)cc1. The van der Waals surface area contributed by atoms with Gasteiger partial charge in [-0.1, -0.05) is 12.8 Å². The van der Waals surface area contributed by atoms with Crippen molar-refractivity contribution in [3.63, 3.8) is 0 Å². The second-order valence-corrected chi connectivity index (χ2v) is 7.46. The van der Waals surface area contributed by atoms with Crippen LogP contribution in [0.3, 0.4) is 0 Å². The fourth-order valence-corrected chi connectivity index (χ4v) is 3.65. The van der Waals surface area contributed by atoms with Crippen molar-refractivity contribution in [2.45, 2.75) is 55.2 Å². The van der Waals surface area contributed by atoms with Crippen LogP contribution < -0.4 is 10.6 Å². The number of benzene rings is 1. The Balaban J connectivity index is 1.96. The summed E-state index contributed by atoms with van der Waals surface area (Å²) >= 11 is 1.36. The molecule has 24 heavy (non-hydrogen) atoms.